The van der Waals surface area contributed by atoms with Crippen molar-refractivity contribution in [1.82, 2.24) is 9.97 Å². The van der Waals surface area contributed by atoms with Gasteiger partial charge in [0.25, 0.3) is 0 Å². The molecule has 1 aromatic carbocycles. The Bertz CT molecular complexity index is 1020. The van der Waals surface area contributed by atoms with E-state index in [1.54, 1.807) is 11.3 Å². The summed E-state index contributed by atoms with van der Waals surface area (Å²) in [5.74, 6) is -2.49. The van der Waals surface area contributed by atoms with Gasteiger partial charge in [0.2, 0.25) is 0 Å². The maximum atomic E-state index is 13.7. The highest BCUT2D eigenvalue weighted by molar-refractivity contribution is 7.19. The first-order valence-electron chi connectivity index (χ1n) is 8.72. The summed E-state index contributed by atoms with van der Waals surface area (Å²) in [7, 11) is 0. The van der Waals surface area contributed by atoms with E-state index >= 15 is 0 Å². The molecule has 27 heavy (non-hydrogen) atoms. The molecule has 3 aromatic rings. The molecular weight excluding hydrogens is 372 g/mol. The van der Waals surface area contributed by atoms with E-state index < -0.39 is 23.2 Å². The molecule has 2 N–H and O–H groups in total. The van der Waals surface area contributed by atoms with Crippen molar-refractivity contribution in [2.75, 3.05) is 5.73 Å². The highest BCUT2D eigenvalue weighted by atomic mass is 32.1. The third kappa shape index (κ3) is 3.37. The highest BCUT2D eigenvalue weighted by Gasteiger charge is 2.21. The van der Waals surface area contributed by atoms with Gasteiger partial charge in [0, 0.05) is 4.88 Å². The van der Waals surface area contributed by atoms with E-state index in [4.69, 9.17) is 10.5 Å². The van der Waals surface area contributed by atoms with E-state index in [2.05, 4.69) is 9.97 Å². The van der Waals surface area contributed by atoms with Crippen molar-refractivity contribution in [2.45, 2.75) is 38.7 Å². The van der Waals surface area contributed by atoms with E-state index in [1.165, 1.54) is 22.9 Å². The number of hydrogen-bond acceptors (Lipinski definition) is 6. The van der Waals surface area contributed by atoms with Crippen molar-refractivity contribution in [2.24, 2.45) is 0 Å². The molecule has 0 unspecified atom stereocenters. The molecule has 0 fully saturated rings. The van der Waals surface area contributed by atoms with Gasteiger partial charge in [-0.1, -0.05) is 12.5 Å². The number of esters is 1. The van der Waals surface area contributed by atoms with Gasteiger partial charge in [0.1, 0.15) is 27.8 Å². The molecule has 0 spiro atoms. The number of ether oxygens (including phenoxy) is 1. The van der Waals surface area contributed by atoms with Gasteiger partial charge in [-0.05, 0) is 43.4 Å². The van der Waals surface area contributed by atoms with Crippen LogP contribution in [0.5, 0.6) is 0 Å². The molecule has 0 saturated carbocycles. The van der Waals surface area contributed by atoms with Crippen LogP contribution >= 0.6 is 11.3 Å². The van der Waals surface area contributed by atoms with Gasteiger partial charge in [0.15, 0.2) is 12.4 Å². The van der Waals surface area contributed by atoms with Crippen molar-refractivity contribution < 1.29 is 18.3 Å². The van der Waals surface area contributed by atoms with Gasteiger partial charge in [-0.3, -0.25) is 0 Å². The summed E-state index contributed by atoms with van der Waals surface area (Å²) in [6.07, 6.45) is 5.43. The number of aromatic nitrogens is 2. The molecule has 0 saturated heterocycles. The van der Waals surface area contributed by atoms with Gasteiger partial charge in [-0.2, -0.15) is 0 Å². The van der Waals surface area contributed by atoms with Crippen LogP contribution in [-0.4, -0.2) is 15.9 Å². The molecule has 0 radical (unpaired) electrons. The van der Waals surface area contributed by atoms with Gasteiger partial charge >= 0.3 is 5.97 Å². The Morgan fingerprint density at radius 3 is 2.67 bits per heavy atom. The molecule has 1 aliphatic carbocycles. The molecule has 0 atom stereocenters. The van der Waals surface area contributed by atoms with Gasteiger partial charge in [-0.15, -0.1) is 11.3 Å². The molecule has 5 nitrogen and oxygen atoms in total. The molecule has 1 aliphatic rings. The molecule has 4 rings (SSSR count). The van der Waals surface area contributed by atoms with Crippen LogP contribution in [0.25, 0.3) is 10.2 Å². The molecule has 2 heterocycles. The molecule has 2 aromatic heterocycles. The summed E-state index contributed by atoms with van der Waals surface area (Å²) in [6, 6.07) is 3.18. The van der Waals surface area contributed by atoms with Crippen molar-refractivity contribution in [3.63, 3.8) is 0 Å². The number of anilines is 1. The number of carbonyl (C=O) groups is 1. The minimum atomic E-state index is -1.10. The second-order valence-electron chi connectivity index (χ2n) is 6.44. The molecule has 140 valence electrons. The van der Waals surface area contributed by atoms with Crippen molar-refractivity contribution >= 4 is 33.3 Å². The lowest BCUT2D eigenvalue weighted by atomic mass is 10.1. The molecular formula is C19H17F2N3O2S. The summed E-state index contributed by atoms with van der Waals surface area (Å²) < 4.78 is 32.4. The Balaban J connectivity index is 1.59. The predicted octanol–water partition coefficient (Wildman–Crippen LogP) is 4.18. The number of aryl methyl sites for hydroxylation is 2. The number of halogens is 2. The Morgan fingerprint density at radius 2 is 1.89 bits per heavy atom. The second-order valence-corrected chi connectivity index (χ2v) is 7.53. The number of fused-ring (bicyclic) bond motifs is 3. The smallest absolute Gasteiger partial charge is 0.344 e. The van der Waals surface area contributed by atoms with Crippen LogP contribution in [0, 0.1) is 11.6 Å². The summed E-state index contributed by atoms with van der Waals surface area (Å²) >= 11 is 1.59. The monoisotopic (exact) mass is 389 g/mol. The van der Waals surface area contributed by atoms with Crippen LogP contribution < -0.4 is 5.73 Å². The Kier molecular flexibility index (Phi) is 4.73. The number of carbonyl (C=O) groups excluding carboxylic acids is 1. The van der Waals surface area contributed by atoms with E-state index in [0.717, 1.165) is 48.0 Å². The zero-order valence-electron chi connectivity index (χ0n) is 14.4. The van der Waals surface area contributed by atoms with Gasteiger partial charge < -0.3 is 10.5 Å². The number of nitrogens with zero attached hydrogens (tertiary/aromatic N) is 2. The Morgan fingerprint density at radius 1 is 1.15 bits per heavy atom. The fourth-order valence-electron chi connectivity index (χ4n) is 3.37. The van der Waals surface area contributed by atoms with Gasteiger partial charge in [0.05, 0.1) is 5.39 Å². The molecule has 8 heteroatoms. The average molecular weight is 389 g/mol. The van der Waals surface area contributed by atoms with Crippen LogP contribution in [0.1, 0.15) is 45.9 Å². The molecule has 0 amide bonds. The van der Waals surface area contributed by atoms with Crippen molar-refractivity contribution in [3.05, 3.63) is 51.7 Å². The maximum Gasteiger partial charge on any atom is 0.344 e. The summed E-state index contributed by atoms with van der Waals surface area (Å²) in [6.45, 7) is -0.310. The van der Waals surface area contributed by atoms with Crippen LogP contribution in [0.15, 0.2) is 18.2 Å². The fraction of sp³-hybridized carbons (Fsp3) is 0.316. The fourth-order valence-corrected chi connectivity index (χ4v) is 4.66. The largest absolute Gasteiger partial charge is 0.454 e. The lowest BCUT2D eigenvalue weighted by molar-refractivity contribution is 0.0451. The minimum absolute atomic E-state index is 0.210. The van der Waals surface area contributed by atoms with Crippen molar-refractivity contribution in [1.29, 1.82) is 0 Å². The van der Waals surface area contributed by atoms with Crippen LogP contribution in [-0.2, 0) is 24.2 Å². The number of thiophene rings is 1. The summed E-state index contributed by atoms with van der Waals surface area (Å²) in [5.41, 5.74) is 6.63. The minimum Gasteiger partial charge on any atom is -0.454 e. The predicted molar refractivity (Wildman–Crippen MR) is 98.6 cm³/mol. The maximum absolute atomic E-state index is 13.7. The number of benzene rings is 1. The number of nitrogens with two attached hydrogens (primary N) is 1. The number of rotatable bonds is 3. The third-order valence-electron chi connectivity index (χ3n) is 4.64. The van der Waals surface area contributed by atoms with Crippen LogP contribution in [0.3, 0.4) is 0 Å². The van der Waals surface area contributed by atoms with Crippen LogP contribution in [0.2, 0.25) is 0 Å². The van der Waals surface area contributed by atoms with E-state index in [1.807, 2.05) is 0 Å². The lowest BCUT2D eigenvalue weighted by Gasteiger charge is -2.07. The van der Waals surface area contributed by atoms with Crippen LogP contribution in [0.4, 0.5) is 14.6 Å². The van der Waals surface area contributed by atoms with E-state index in [-0.39, 0.29) is 12.4 Å². The Hall–Kier alpha value is -2.61. The topological polar surface area (TPSA) is 78.1 Å². The SMILES string of the molecule is Nc1nc(COC(=O)c2c(F)cccc2F)nc2sc3c(c12)CCCCC3. The zero-order valence-corrected chi connectivity index (χ0v) is 15.2. The van der Waals surface area contributed by atoms with E-state index in [9.17, 15) is 13.6 Å². The highest BCUT2D eigenvalue weighted by Crippen LogP contribution is 2.37. The number of nitrogen functional groups attached to an aromatic ring is 1. The summed E-state index contributed by atoms with van der Waals surface area (Å²) in [5, 5.41) is 0.882. The average Bonchev–Trinajstić information content (AvgIpc) is 2.82. The molecule has 0 bridgehead atoms. The molecule has 0 aliphatic heterocycles. The van der Waals surface area contributed by atoms with Crippen molar-refractivity contribution in [3.8, 4) is 0 Å². The first kappa shape index (κ1) is 17.8. The quantitative estimate of drug-likeness (QED) is 0.537. The van der Waals surface area contributed by atoms with Gasteiger partial charge in [-0.25, -0.2) is 23.5 Å². The summed E-state index contributed by atoms with van der Waals surface area (Å²) in [4.78, 5) is 22.7. The first-order valence-corrected chi connectivity index (χ1v) is 9.54. The van der Waals surface area contributed by atoms with E-state index in [0.29, 0.717) is 5.82 Å². The Labute approximate surface area is 158 Å². The lowest BCUT2D eigenvalue weighted by Crippen LogP contribution is -2.12. The third-order valence-corrected chi connectivity index (χ3v) is 5.82. The first-order chi connectivity index (χ1) is 13.0. The standard InChI is InChI=1S/C19H17F2N3O2S/c20-11-6-4-7-12(21)16(11)19(25)26-9-14-23-17(22)15-10-5-2-1-3-8-13(10)27-18(15)24-14/h4,6-7H,1-3,5,8-9H2,(H2,22,23,24). The normalized spacial score (nSPS) is 14.0. The second kappa shape index (κ2) is 7.19. The zero-order chi connectivity index (χ0) is 19.0. The number of hydrogen-bond donors (Lipinski definition) is 1.